The molecule has 1 fully saturated rings. The minimum atomic E-state index is -0.375. The lowest BCUT2D eigenvalue weighted by Crippen LogP contribution is -2.10. The number of carbonyl (C=O) groups excluding carboxylic acids is 1. The van der Waals surface area contributed by atoms with E-state index in [0.29, 0.717) is 23.8 Å². The molecule has 100 valence electrons. The van der Waals surface area contributed by atoms with E-state index in [9.17, 15) is 9.90 Å². The molecule has 4 nitrogen and oxygen atoms in total. The zero-order chi connectivity index (χ0) is 13.4. The Morgan fingerprint density at radius 1 is 1.47 bits per heavy atom. The SMILES string of the molecule is CCOC(=O)c1c(CO)cc2ccc(C3CC3)cn12. The zero-order valence-electron chi connectivity index (χ0n) is 10.9. The maximum atomic E-state index is 12.0. The number of rotatable bonds is 4. The van der Waals surface area contributed by atoms with E-state index in [1.165, 1.54) is 18.4 Å². The zero-order valence-corrected chi connectivity index (χ0v) is 10.9. The normalized spacial score (nSPS) is 14.8. The van der Waals surface area contributed by atoms with E-state index in [1.54, 1.807) is 6.92 Å². The molecule has 1 N–H and O–H groups in total. The third kappa shape index (κ3) is 2.12. The fourth-order valence-corrected chi connectivity index (χ4v) is 2.45. The van der Waals surface area contributed by atoms with Crippen LogP contribution in [0.5, 0.6) is 0 Å². The molecule has 2 aromatic rings. The lowest BCUT2D eigenvalue weighted by atomic mass is 10.2. The van der Waals surface area contributed by atoms with E-state index < -0.39 is 0 Å². The van der Waals surface area contributed by atoms with Crippen LogP contribution < -0.4 is 0 Å². The van der Waals surface area contributed by atoms with Crippen molar-refractivity contribution in [3.05, 3.63) is 41.2 Å². The molecule has 0 spiro atoms. The van der Waals surface area contributed by atoms with Gasteiger partial charge in [-0.05, 0) is 43.4 Å². The number of carbonyl (C=O) groups is 1. The lowest BCUT2D eigenvalue weighted by Gasteiger charge is -2.06. The van der Waals surface area contributed by atoms with Crippen LogP contribution >= 0.6 is 0 Å². The number of aliphatic hydroxyl groups excluding tert-OH is 1. The monoisotopic (exact) mass is 259 g/mol. The first-order valence-corrected chi connectivity index (χ1v) is 6.66. The molecule has 1 saturated carbocycles. The largest absolute Gasteiger partial charge is 0.461 e. The average molecular weight is 259 g/mol. The van der Waals surface area contributed by atoms with E-state index >= 15 is 0 Å². The molecule has 0 bridgehead atoms. The van der Waals surface area contributed by atoms with Crippen molar-refractivity contribution in [3.63, 3.8) is 0 Å². The Bertz CT molecular complexity index is 626. The van der Waals surface area contributed by atoms with Gasteiger partial charge in [0, 0.05) is 17.3 Å². The first kappa shape index (κ1) is 12.2. The highest BCUT2D eigenvalue weighted by atomic mass is 16.5. The summed E-state index contributed by atoms with van der Waals surface area (Å²) in [6.07, 6.45) is 4.43. The summed E-state index contributed by atoms with van der Waals surface area (Å²) in [6, 6.07) is 5.93. The smallest absolute Gasteiger partial charge is 0.355 e. The first-order chi connectivity index (χ1) is 9.24. The van der Waals surface area contributed by atoms with Gasteiger partial charge in [0.2, 0.25) is 0 Å². The van der Waals surface area contributed by atoms with Gasteiger partial charge in [-0.1, -0.05) is 6.07 Å². The van der Waals surface area contributed by atoms with Crippen LogP contribution in [0.2, 0.25) is 0 Å². The molecule has 19 heavy (non-hydrogen) atoms. The first-order valence-electron chi connectivity index (χ1n) is 6.66. The van der Waals surface area contributed by atoms with Crippen LogP contribution in [0.15, 0.2) is 24.4 Å². The van der Waals surface area contributed by atoms with Gasteiger partial charge in [-0.25, -0.2) is 4.79 Å². The molecule has 1 aliphatic carbocycles. The van der Waals surface area contributed by atoms with E-state index in [2.05, 4.69) is 6.07 Å². The van der Waals surface area contributed by atoms with Crippen LogP contribution in [-0.4, -0.2) is 22.1 Å². The molecule has 0 radical (unpaired) electrons. The van der Waals surface area contributed by atoms with E-state index in [1.807, 2.05) is 22.7 Å². The maximum Gasteiger partial charge on any atom is 0.355 e. The van der Waals surface area contributed by atoms with Crippen LogP contribution in [0.4, 0.5) is 0 Å². The molecule has 0 unspecified atom stereocenters. The third-order valence-electron chi connectivity index (χ3n) is 3.56. The van der Waals surface area contributed by atoms with Crippen molar-refractivity contribution in [1.82, 2.24) is 4.40 Å². The fraction of sp³-hybridized carbons (Fsp3) is 0.400. The van der Waals surface area contributed by atoms with Gasteiger partial charge in [0.25, 0.3) is 0 Å². The molecular weight excluding hydrogens is 242 g/mol. The molecule has 3 rings (SSSR count). The second-order valence-corrected chi connectivity index (χ2v) is 4.93. The molecule has 0 aromatic carbocycles. The van der Waals surface area contributed by atoms with Gasteiger partial charge in [0.15, 0.2) is 0 Å². The quantitative estimate of drug-likeness (QED) is 0.858. The number of nitrogens with zero attached hydrogens (tertiary/aromatic N) is 1. The van der Waals surface area contributed by atoms with Gasteiger partial charge in [-0.15, -0.1) is 0 Å². The summed E-state index contributed by atoms with van der Waals surface area (Å²) in [7, 11) is 0. The van der Waals surface area contributed by atoms with Crippen LogP contribution in [0.3, 0.4) is 0 Å². The highest BCUT2D eigenvalue weighted by Crippen LogP contribution is 2.40. The molecule has 4 heteroatoms. The van der Waals surface area contributed by atoms with Gasteiger partial charge in [-0.2, -0.15) is 0 Å². The Labute approximate surface area is 111 Å². The predicted molar refractivity (Wildman–Crippen MR) is 71.3 cm³/mol. The molecule has 0 atom stereocenters. The van der Waals surface area contributed by atoms with Crippen molar-refractivity contribution in [3.8, 4) is 0 Å². The Morgan fingerprint density at radius 2 is 2.26 bits per heavy atom. The third-order valence-corrected chi connectivity index (χ3v) is 3.56. The van der Waals surface area contributed by atoms with Crippen LogP contribution in [0.1, 0.15) is 47.3 Å². The highest BCUT2D eigenvalue weighted by Gasteiger charge is 2.25. The van der Waals surface area contributed by atoms with Crippen molar-refractivity contribution >= 4 is 11.5 Å². The summed E-state index contributed by atoms with van der Waals surface area (Å²) in [5.41, 5.74) is 3.22. The van der Waals surface area contributed by atoms with Crippen LogP contribution in [-0.2, 0) is 11.3 Å². The van der Waals surface area contributed by atoms with Gasteiger partial charge in [0.05, 0.1) is 13.2 Å². The van der Waals surface area contributed by atoms with E-state index in [-0.39, 0.29) is 12.6 Å². The predicted octanol–water partition coefficient (Wildman–Crippen LogP) is 2.49. The molecule has 0 amide bonds. The number of fused-ring (bicyclic) bond motifs is 1. The van der Waals surface area contributed by atoms with Crippen LogP contribution in [0, 0.1) is 0 Å². The minimum Gasteiger partial charge on any atom is -0.461 e. The van der Waals surface area contributed by atoms with Crippen molar-refractivity contribution in [1.29, 1.82) is 0 Å². The summed E-state index contributed by atoms with van der Waals surface area (Å²) < 4.78 is 6.93. The summed E-state index contributed by atoms with van der Waals surface area (Å²) in [5.74, 6) is 0.249. The summed E-state index contributed by atoms with van der Waals surface area (Å²) in [5, 5.41) is 9.41. The molecule has 0 aliphatic heterocycles. The number of esters is 1. The van der Waals surface area contributed by atoms with Crippen molar-refractivity contribution < 1.29 is 14.6 Å². The Balaban J connectivity index is 2.14. The molecule has 2 aromatic heterocycles. The number of aliphatic hydroxyl groups is 1. The summed E-state index contributed by atoms with van der Waals surface area (Å²) in [6.45, 7) is 1.95. The van der Waals surface area contributed by atoms with Crippen LogP contribution in [0.25, 0.3) is 5.52 Å². The van der Waals surface area contributed by atoms with Gasteiger partial charge in [0.1, 0.15) is 5.69 Å². The number of hydrogen-bond donors (Lipinski definition) is 1. The molecule has 2 heterocycles. The molecule has 0 saturated heterocycles. The topological polar surface area (TPSA) is 50.9 Å². The minimum absolute atomic E-state index is 0.158. The van der Waals surface area contributed by atoms with Gasteiger partial charge < -0.3 is 14.2 Å². The Hall–Kier alpha value is -1.81. The fourth-order valence-electron chi connectivity index (χ4n) is 2.45. The van der Waals surface area contributed by atoms with E-state index in [4.69, 9.17) is 4.74 Å². The standard InChI is InChI=1S/C15H17NO3/c1-2-19-15(18)14-12(9-17)7-13-6-5-11(8-16(13)14)10-3-4-10/h5-8,10,17H,2-4,9H2,1H3. The number of pyridine rings is 1. The Morgan fingerprint density at radius 3 is 2.89 bits per heavy atom. The van der Waals surface area contributed by atoms with Crippen molar-refractivity contribution in [2.24, 2.45) is 0 Å². The average Bonchev–Trinajstić information content (AvgIpc) is 3.18. The number of hydrogen-bond acceptors (Lipinski definition) is 3. The molecule has 1 aliphatic rings. The van der Waals surface area contributed by atoms with Gasteiger partial charge >= 0.3 is 5.97 Å². The molecular formula is C15H17NO3. The number of aromatic nitrogens is 1. The van der Waals surface area contributed by atoms with E-state index in [0.717, 1.165) is 5.52 Å². The van der Waals surface area contributed by atoms with Crippen molar-refractivity contribution in [2.75, 3.05) is 6.61 Å². The van der Waals surface area contributed by atoms with Crippen molar-refractivity contribution in [2.45, 2.75) is 32.3 Å². The number of ether oxygens (including phenoxy) is 1. The summed E-state index contributed by atoms with van der Waals surface area (Å²) >= 11 is 0. The lowest BCUT2D eigenvalue weighted by molar-refractivity contribution is 0.0514. The second-order valence-electron chi connectivity index (χ2n) is 4.93. The van der Waals surface area contributed by atoms with Gasteiger partial charge in [-0.3, -0.25) is 0 Å². The summed E-state index contributed by atoms with van der Waals surface area (Å²) in [4.78, 5) is 12.0. The highest BCUT2D eigenvalue weighted by molar-refractivity contribution is 5.91. The second kappa shape index (κ2) is 4.70. The maximum absolute atomic E-state index is 12.0. The Kier molecular flexibility index (Phi) is 3.03.